The van der Waals surface area contributed by atoms with Gasteiger partial charge < -0.3 is 10.8 Å². The van der Waals surface area contributed by atoms with E-state index in [0.29, 0.717) is 6.08 Å². The molecule has 0 unspecified atom stereocenters. The fourth-order valence-corrected chi connectivity index (χ4v) is 4.97. The van der Waals surface area contributed by atoms with Crippen molar-refractivity contribution in [1.82, 2.24) is 0 Å². The van der Waals surface area contributed by atoms with Crippen LogP contribution in [0.5, 0.6) is 5.75 Å². The Morgan fingerprint density at radius 2 is 1.63 bits per heavy atom. The van der Waals surface area contributed by atoms with Crippen LogP contribution in [0.1, 0.15) is 11.1 Å². The van der Waals surface area contributed by atoms with Gasteiger partial charge in [0.1, 0.15) is 26.9 Å². The van der Waals surface area contributed by atoms with Crippen LogP contribution in [0.4, 0.5) is 17.1 Å². The van der Waals surface area contributed by atoms with Crippen molar-refractivity contribution >= 4 is 64.5 Å². The summed E-state index contributed by atoms with van der Waals surface area (Å²) in [5, 5.41) is 25.9. The van der Waals surface area contributed by atoms with Gasteiger partial charge in [-0.05, 0) is 35.7 Å². The SMILES string of the molecule is Nc1ccc2c(O)c(NN=C3C(=O)C=C(S(=O)(=O)O)c4cc([N+](=O)[O-])ccc43)c(S(=O)(=O)O)cc2c1.[Cr].[Na+]. The van der Waals surface area contributed by atoms with Gasteiger partial charge in [0.05, 0.1) is 4.92 Å². The van der Waals surface area contributed by atoms with E-state index in [2.05, 4.69) is 10.5 Å². The Kier molecular flexibility index (Phi) is 9.16. The number of carbonyl (C=O) groups is 1. The minimum Gasteiger partial charge on any atom is -0.505 e. The number of nitro benzene ring substituents is 1. The number of nitrogens with one attached hydrogen (secondary N) is 1. The molecular weight excluding hydrogens is 595 g/mol. The number of hydrogen-bond donors (Lipinski definition) is 5. The van der Waals surface area contributed by atoms with Crippen LogP contribution in [0.15, 0.2) is 58.5 Å². The Morgan fingerprint density at radius 1 is 0.974 bits per heavy atom. The molecule has 0 amide bonds. The topological polar surface area (TPSA) is 240 Å². The van der Waals surface area contributed by atoms with Gasteiger partial charge in [0.15, 0.2) is 0 Å². The molecule has 18 heteroatoms. The summed E-state index contributed by atoms with van der Waals surface area (Å²) in [5.41, 5.74) is 5.74. The molecule has 0 radical (unpaired) electrons. The van der Waals surface area contributed by atoms with Gasteiger partial charge >= 0.3 is 29.6 Å². The van der Waals surface area contributed by atoms with E-state index in [1.54, 1.807) is 0 Å². The number of aromatic hydroxyl groups is 1. The van der Waals surface area contributed by atoms with Gasteiger partial charge in [-0.1, -0.05) is 0 Å². The molecule has 1 aliphatic carbocycles. The summed E-state index contributed by atoms with van der Waals surface area (Å²) in [4.78, 5) is 21.3. The molecule has 38 heavy (non-hydrogen) atoms. The summed E-state index contributed by atoms with van der Waals surface area (Å²) in [5.74, 6) is -1.75. The first kappa shape index (κ1) is 31.4. The number of non-ortho nitro benzene ring substituents is 1. The third kappa shape index (κ3) is 5.91. The molecule has 3 aromatic rings. The zero-order chi connectivity index (χ0) is 26.6. The quantitative estimate of drug-likeness (QED) is 0.0579. The second-order valence-electron chi connectivity index (χ2n) is 7.46. The molecule has 0 aromatic heterocycles. The van der Waals surface area contributed by atoms with Crippen molar-refractivity contribution in [2.24, 2.45) is 5.10 Å². The maximum Gasteiger partial charge on any atom is 1.00 e. The van der Waals surface area contributed by atoms with Gasteiger partial charge in [-0.3, -0.25) is 29.4 Å². The monoisotopic (exact) mass is 609 g/mol. The number of hydrazone groups is 1. The van der Waals surface area contributed by atoms with E-state index >= 15 is 0 Å². The minimum absolute atomic E-state index is 0. The maximum atomic E-state index is 12.7. The number of benzene rings is 3. The number of carbonyl (C=O) groups excluding carboxylic acids is 1. The predicted molar refractivity (Wildman–Crippen MR) is 128 cm³/mol. The van der Waals surface area contributed by atoms with Gasteiger partial charge in [0, 0.05) is 57.8 Å². The third-order valence-electron chi connectivity index (χ3n) is 5.17. The van der Waals surface area contributed by atoms with Crippen LogP contribution < -0.4 is 40.7 Å². The molecule has 0 saturated carbocycles. The van der Waals surface area contributed by atoms with Gasteiger partial charge in [-0.15, -0.1) is 0 Å². The van der Waals surface area contributed by atoms with Crippen molar-refractivity contribution in [3.8, 4) is 5.75 Å². The van der Waals surface area contributed by atoms with Gasteiger partial charge in [-0.2, -0.15) is 21.9 Å². The van der Waals surface area contributed by atoms with E-state index < -0.39 is 69.1 Å². The molecule has 14 nitrogen and oxygen atoms in total. The maximum absolute atomic E-state index is 12.7. The molecule has 0 aliphatic heterocycles. The zero-order valence-corrected chi connectivity index (χ0v) is 23.9. The van der Waals surface area contributed by atoms with E-state index in [-0.39, 0.29) is 68.9 Å². The average Bonchev–Trinajstić information content (AvgIpc) is 2.77. The number of nitrogens with zero attached hydrogens (tertiary/aromatic N) is 2. The van der Waals surface area contributed by atoms with Crippen LogP contribution in [-0.4, -0.2) is 47.5 Å². The molecule has 0 heterocycles. The molecule has 6 N–H and O–H groups in total. The third-order valence-corrected chi connectivity index (χ3v) is 6.94. The number of rotatable bonds is 5. The molecule has 4 rings (SSSR count). The number of phenolic OH excluding ortho intramolecular Hbond substituents is 1. The van der Waals surface area contributed by atoms with Crippen molar-refractivity contribution < 1.29 is 87.7 Å². The Labute approximate surface area is 247 Å². The Morgan fingerprint density at radius 3 is 2.21 bits per heavy atom. The first-order chi connectivity index (χ1) is 16.7. The predicted octanol–water partition coefficient (Wildman–Crippen LogP) is -1.09. The van der Waals surface area contributed by atoms with Gasteiger partial charge in [-0.25, -0.2) is 0 Å². The van der Waals surface area contributed by atoms with Crippen molar-refractivity contribution in [3.05, 3.63) is 69.8 Å². The number of phenols is 1. The number of nitrogen functional groups attached to an aromatic ring is 1. The van der Waals surface area contributed by atoms with Crippen LogP contribution in [0, 0.1) is 10.1 Å². The normalized spacial score (nSPS) is 14.2. The molecule has 0 atom stereocenters. The van der Waals surface area contributed by atoms with Crippen molar-refractivity contribution in [3.63, 3.8) is 0 Å². The first-order valence-electron chi connectivity index (χ1n) is 9.57. The van der Waals surface area contributed by atoms with Crippen molar-refractivity contribution in [1.29, 1.82) is 0 Å². The minimum atomic E-state index is -4.99. The van der Waals surface area contributed by atoms with Crippen molar-refractivity contribution in [2.45, 2.75) is 4.90 Å². The standard InChI is InChI=1S/C20H14N4O10S2.Cr.Na/c21-10-1-3-12-9(5-10)6-17(36(32,33)34)19(20(12)26)23-22-18-13-4-2-11(24(27)28)7-14(13)16(8-15(18)25)35(29,30)31;;/h1-8,23,26H,21H2,(H,29,30,31)(H,32,33,34);;/q;;+1. The summed E-state index contributed by atoms with van der Waals surface area (Å²) < 4.78 is 66.7. The van der Waals surface area contributed by atoms with Crippen LogP contribution in [0.3, 0.4) is 0 Å². The number of fused-ring (bicyclic) bond motifs is 2. The number of ketones is 1. The summed E-state index contributed by atoms with van der Waals surface area (Å²) in [6.45, 7) is 0. The largest absolute Gasteiger partial charge is 1.00 e. The summed E-state index contributed by atoms with van der Waals surface area (Å²) >= 11 is 0. The van der Waals surface area contributed by atoms with Crippen LogP contribution in [0.2, 0.25) is 0 Å². The summed E-state index contributed by atoms with van der Waals surface area (Å²) in [6, 6.07) is 7.90. The first-order valence-corrected chi connectivity index (χ1v) is 12.5. The second kappa shape index (κ2) is 11.1. The summed E-state index contributed by atoms with van der Waals surface area (Å²) in [7, 11) is -9.93. The van der Waals surface area contributed by atoms with Gasteiger partial charge in [0.25, 0.3) is 25.9 Å². The molecule has 0 fully saturated rings. The molecule has 0 bridgehead atoms. The number of hydrogen-bond acceptors (Lipinski definition) is 11. The Bertz CT molecular complexity index is 1790. The molecule has 3 aromatic carbocycles. The second-order valence-corrected chi connectivity index (χ2v) is 10.2. The van der Waals surface area contributed by atoms with Crippen molar-refractivity contribution in [2.75, 3.05) is 11.2 Å². The smallest absolute Gasteiger partial charge is 0.505 e. The average molecular weight is 609 g/mol. The zero-order valence-electron chi connectivity index (χ0n) is 19.0. The number of anilines is 2. The van der Waals surface area contributed by atoms with E-state index in [0.717, 1.165) is 24.3 Å². The Hall–Kier alpha value is -2.85. The van der Waals surface area contributed by atoms with Crippen LogP contribution in [0.25, 0.3) is 15.7 Å². The van der Waals surface area contributed by atoms with E-state index in [9.17, 15) is 46.0 Å². The fourth-order valence-electron chi connectivity index (χ4n) is 3.59. The van der Waals surface area contributed by atoms with E-state index in [1.165, 1.54) is 18.2 Å². The van der Waals surface area contributed by atoms with E-state index in [1.807, 2.05) is 0 Å². The number of allylic oxidation sites excluding steroid dienone is 1. The Balaban J connectivity index is 0.00000253. The number of nitrogens with two attached hydrogens (primary N) is 1. The van der Waals surface area contributed by atoms with Crippen LogP contribution >= 0.6 is 0 Å². The van der Waals surface area contributed by atoms with E-state index in [4.69, 9.17) is 5.73 Å². The molecule has 1 aliphatic rings. The molecule has 0 spiro atoms. The number of nitro groups is 1. The van der Waals surface area contributed by atoms with Crippen LogP contribution in [-0.2, 0) is 42.4 Å². The molecule has 192 valence electrons. The summed E-state index contributed by atoms with van der Waals surface area (Å²) in [6.07, 6.45) is 0.481. The molecular formula is C20H14CrN4NaO10S2+. The fraction of sp³-hybridized carbons (Fsp3) is 0. The van der Waals surface area contributed by atoms with Gasteiger partial charge in [0.2, 0.25) is 5.78 Å². The molecule has 0 saturated heterocycles.